The summed E-state index contributed by atoms with van der Waals surface area (Å²) >= 11 is 0. The third-order valence-electron chi connectivity index (χ3n) is 4.48. The summed E-state index contributed by atoms with van der Waals surface area (Å²) in [5, 5.41) is 11.6. The first-order valence-corrected chi connectivity index (χ1v) is 9.20. The zero-order valence-corrected chi connectivity index (χ0v) is 16.1. The molecule has 2 aromatic carbocycles. The van der Waals surface area contributed by atoms with E-state index in [2.05, 4.69) is 20.6 Å². The summed E-state index contributed by atoms with van der Waals surface area (Å²) in [6.07, 6.45) is 0. The Hall–Kier alpha value is -3.81. The molecule has 146 valence electrons. The van der Waals surface area contributed by atoms with Crippen molar-refractivity contribution >= 4 is 23.0 Å². The fourth-order valence-electron chi connectivity index (χ4n) is 2.98. The van der Waals surface area contributed by atoms with Crippen LogP contribution in [0.25, 0.3) is 22.6 Å². The van der Waals surface area contributed by atoms with Crippen molar-refractivity contribution in [1.29, 1.82) is 0 Å². The molecule has 0 radical (unpaired) electrons. The van der Waals surface area contributed by atoms with Crippen LogP contribution in [0.4, 0.5) is 5.82 Å². The van der Waals surface area contributed by atoms with Crippen LogP contribution in [0.1, 0.15) is 12.5 Å². The molecule has 0 saturated heterocycles. The molecule has 1 atom stereocenters. The molecule has 29 heavy (non-hydrogen) atoms. The first-order valence-electron chi connectivity index (χ1n) is 9.20. The van der Waals surface area contributed by atoms with E-state index < -0.39 is 12.0 Å². The van der Waals surface area contributed by atoms with Crippen molar-refractivity contribution in [3.05, 3.63) is 66.2 Å². The van der Waals surface area contributed by atoms with E-state index in [-0.39, 0.29) is 0 Å². The predicted molar refractivity (Wildman–Crippen MR) is 109 cm³/mol. The van der Waals surface area contributed by atoms with Crippen LogP contribution in [-0.4, -0.2) is 44.1 Å². The van der Waals surface area contributed by atoms with E-state index in [4.69, 9.17) is 9.72 Å². The molecule has 0 aliphatic heterocycles. The number of nitrogens with zero attached hydrogens (tertiary/aromatic N) is 5. The van der Waals surface area contributed by atoms with E-state index in [0.717, 1.165) is 11.1 Å². The van der Waals surface area contributed by atoms with Crippen LogP contribution >= 0.6 is 0 Å². The number of nitrogens with one attached hydrogen (secondary N) is 1. The molecule has 8 heteroatoms. The minimum absolute atomic E-state index is 0.394. The molecule has 8 nitrogen and oxygen atoms in total. The van der Waals surface area contributed by atoms with Crippen LogP contribution in [-0.2, 0) is 16.1 Å². The molecule has 2 aromatic heterocycles. The van der Waals surface area contributed by atoms with Gasteiger partial charge in [0.2, 0.25) is 0 Å². The van der Waals surface area contributed by atoms with Crippen LogP contribution in [0.5, 0.6) is 0 Å². The minimum Gasteiger partial charge on any atom is -0.467 e. The van der Waals surface area contributed by atoms with Gasteiger partial charge in [0.15, 0.2) is 22.8 Å². The summed E-state index contributed by atoms with van der Waals surface area (Å²) < 4.78 is 6.54. The number of esters is 1. The number of aromatic nitrogens is 5. The van der Waals surface area contributed by atoms with E-state index in [9.17, 15) is 4.79 Å². The van der Waals surface area contributed by atoms with E-state index in [1.807, 2.05) is 60.7 Å². The molecule has 1 N–H and O–H groups in total. The van der Waals surface area contributed by atoms with Gasteiger partial charge in [-0.05, 0) is 12.5 Å². The largest absolute Gasteiger partial charge is 0.467 e. The maximum Gasteiger partial charge on any atom is 0.328 e. The highest BCUT2D eigenvalue weighted by Crippen LogP contribution is 2.24. The maximum atomic E-state index is 11.9. The minimum atomic E-state index is -0.596. The molecule has 1 unspecified atom stereocenters. The molecule has 0 spiro atoms. The van der Waals surface area contributed by atoms with Gasteiger partial charge in [-0.15, -0.1) is 5.10 Å². The van der Waals surface area contributed by atoms with Crippen LogP contribution in [0.3, 0.4) is 0 Å². The number of carbonyl (C=O) groups excluding carboxylic acids is 1. The lowest BCUT2D eigenvalue weighted by Gasteiger charge is -2.13. The molecule has 0 fully saturated rings. The Kier molecular flexibility index (Phi) is 5.15. The van der Waals surface area contributed by atoms with E-state index in [0.29, 0.717) is 29.4 Å². The lowest BCUT2D eigenvalue weighted by molar-refractivity contribution is -0.141. The number of methoxy groups -OCH3 is 1. The number of rotatable bonds is 6. The number of benzene rings is 2. The average Bonchev–Trinajstić information content (AvgIpc) is 3.17. The fourth-order valence-corrected chi connectivity index (χ4v) is 2.98. The summed E-state index contributed by atoms with van der Waals surface area (Å²) in [6, 6.07) is 19.0. The number of carbonyl (C=O) groups is 1. The zero-order chi connectivity index (χ0) is 20.2. The molecule has 0 bridgehead atoms. The second-order valence-corrected chi connectivity index (χ2v) is 6.56. The van der Waals surface area contributed by atoms with Gasteiger partial charge in [0.25, 0.3) is 0 Å². The van der Waals surface area contributed by atoms with Gasteiger partial charge in [-0.1, -0.05) is 65.9 Å². The molecule has 0 aliphatic carbocycles. The van der Waals surface area contributed by atoms with Crippen LogP contribution in [0, 0.1) is 0 Å². The maximum absolute atomic E-state index is 11.9. The predicted octanol–water partition coefficient (Wildman–Crippen LogP) is 2.91. The van der Waals surface area contributed by atoms with Gasteiger partial charge in [0, 0.05) is 5.56 Å². The summed E-state index contributed by atoms with van der Waals surface area (Å²) in [7, 11) is 1.35. The van der Waals surface area contributed by atoms with E-state index in [1.54, 1.807) is 11.6 Å². The Labute approximate surface area is 167 Å². The highest BCUT2D eigenvalue weighted by Gasteiger charge is 2.20. The Morgan fingerprint density at radius 2 is 1.76 bits per heavy atom. The first-order chi connectivity index (χ1) is 14.2. The summed E-state index contributed by atoms with van der Waals surface area (Å²) in [6.45, 7) is 2.23. The monoisotopic (exact) mass is 388 g/mol. The third kappa shape index (κ3) is 3.91. The van der Waals surface area contributed by atoms with E-state index >= 15 is 0 Å². The Morgan fingerprint density at radius 1 is 1.07 bits per heavy atom. The molecule has 0 aliphatic rings. The normalized spacial score (nSPS) is 11.9. The van der Waals surface area contributed by atoms with Crippen LogP contribution in [0.2, 0.25) is 0 Å². The molecule has 0 saturated carbocycles. The van der Waals surface area contributed by atoms with Crippen molar-refractivity contribution in [2.45, 2.75) is 19.5 Å². The lowest BCUT2D eigenvalue weighted by Crippen LogP contribution is -2.27. The fraction of sp³-hybridized carbons (Fsp3) is 0.190. The van der Waals surface area contributed by atoms with Gasteiger partial charge in [-0.25, -0.2) is 19.4 Å². The van der Waals surface area contributed by atoms with Crippen molar-refractivity contribution < 1.29 is 9.53 Å². The molecule has 4 rings (SSSR count). The van der Waals surface area contributed by atoms with Crippen LogP contribution < -0.4 is 5.32 Å². The van der Waals surface area contributed by atoms with Crippen molar-refractivity contribution in [2.24, 2.45) is 0 Å². The highest BCUT2D eigenvalue weighted by atomic mass is 16.5. The van der Waals surface area contributed by atoms with Gasteiger partial charge < -0.3 is 10.1 Å². The van der Waals surface area contributed by atoms with Gasteiger partial charge in [0.05, 0.1) is 13.7 Å². The molecular weight excluding hydrogens is 368 g/mol. The van der Waals surface area contributed by atoms with Gasteiger partial charge >= 0.3 is 5.97 Å². The molecule has 0 amide bonds. The Balaban J connectivity index is 1.81. The summed E-state index contributed by atoms with van der Waals surface area (Å²) in [5.74, 6) is 0.565. The number of anilines is 1. The molecule has 2 heterocycles. The molecule has 4 aromatic rings. The smallest absolute Gasteiger partial charge is 0.328 e. The number of ether oxygens (including phenoxy) is 1. The summed E-state index contributed by atoms with van der Waals surface area (Å²) in [4.78, 5) is 21.2. The second kappa shape index (κ2) is 8.05. The van der Waals surface area contributed by atoms with Gasteiger partial charge in [0.1, 0.15) is 6.04 Å². The zero-order valence-electron chi connectivity index (χ0n) is 16.1. The van der Waals surface area contributed by atoms with Gasteiger partial charge in [-0.2, -0.15) is 0 Å². The Bertz CT molecular complexity index is 1130. The van der Waals surface area contributed by atoms with E-state index in [1.165, 1.54) is 7.11 Å². The average molecular weight is 388 g/mol. The van der Waals surface area contributed by atoms with Crippen molar-refractivity contribution in [3.8, 4) is 11.4 Å². The highest BCUT2D eigenvalue weighted by molar-refractivity contribution is 5.87. The third-order valence-corrected chi connectivity index (χ3v) is 4.48. The number of fused-ring (bicyclic) bond motifs is 1. The van der Waals surface area contributed by atoms with Gasteiger partial charge in [-0.3, -0.25) is 0 Å². The standard InChI is InChI=1S/C21H20N6O2/c1-14(21(28)29-2)22-19-17-20(24-18(23-19)16-11-7-4-8-12-16)27(26-25-17)13-15-9-5-3-6-10-15/h3-12,14H,13H2,1-2H3,(H,22,23,24). The number of hydrogen-bond donors (Lipinski definition) is 1. The van der Waals surface area contributed by atoms with Crippen molar-refractivity contribution in [1.82, 2.24) is 25.0 Å². The summed E-state index contributed by atoms with van der Waals surface area (Å²) in [5.41, 5.74) is 3.02. The molecular formula is C21H20N6O2. The lowest BCUT2D eigenvalue weighted by atomic mass is 10.2. The quantitative estimate of drug-likeness (QED) is 0.508. The first kappa shape index (κ1) is 18.5. The van der Waals surface area contributed by atoms with Crippen molar-refractivity contribution in [2.75, 3.05) is 12.4 Å². The van der Waals surface area contributed by atoms with Crippen LogP contribution in [0.15, 0.2) is 60.7 Å². The number of hydrogen-bond acceptors (Lipinski definition) is 7. The second-order valence-electron chi connectivity index (χ2n) is 6.56. The van der Waals surface area contributed by atoms with Crippen molar-refractivity contribution in [3.63, 3.8) is 0 Å². The SMILES string of the molecule is COC(=O)C(C)Nc1nc(-c2ccccc2)nc2c1nnn2Cc1ccccc1. The Morgan fingerprint density at radius 3 is 2.45 bits per heavy atom. The topological polar surface area (TPSA) is 94.8 Å².